The first-order chi connectivity index (χ1) is 8.49. The molecule has 1 atom stereocenters. The lowest BCUT2D eigenvalue weighted by molar-refractivity contribution is -0.151. The third-order valence-electron chi connectivity index (χ3n) is 2.14. The molecular formula is C12H13BrCl2O3. The molecule has 18 heavy (non-hydrogen) atoms. The summed E-state index contributed by atoms with van der Waals surface area (Å²) >= 11 is 15.3. The van der Waals surface area contributed by atoms with Crippen LogP contribution < -0.4 is 4.74 Å². The fourth-order valence-electron chi connectivity index (χ4n) is 1.32. The summed E-state index contributed by atoms with van der Waals surface area (Å²) in [6, 6.07) is 3.31. The van der Waals surface area contributed by atoms with Gasteiger partial charge in [-0.15, -0.1) is 0 Å². The van der Waals surface area contributed by atoms with Gasteiger partial charge in [0, 0.05) is 4.47 Å². The fraction of sp³-hybridized carbons (Fsp3) is 0.417. The summed E-state index contributed by atoms with van der Waals surface area (Å²) in [5.41, 5.74) is 0. The molecule has 100 valence electrons. The highest BCUT2D eigenvalue weighted by Gasteiger charge is 2.22. The molecule has 0 N–H and O–H groups in total. The van der Waals surface area contributed by atoms with E-state index in [9.17, 15) is 4.79 Å². The molecule has 1 rings (SSSR count). The highest BCUT2D eigenvalue weighted by molar-refractivity contribution is 9.10. The molecule has 3 nitrogen and oxygen atoms in total. The van der Waals surface area contributed by atoms with Gasteiger partial charge in [0.05, 0.1) is 16.7 Å². The molecule has 0 aromatic heterocycles. The van der Waals surface area contributed by atoms with E-state index in [0.717, 1.165) is 4.47 Å². The second kappa shape index (κ2) is 7.22. The fourth-order valence-corrected chi connectivity index (χ4v) is 2.61. The highest BCUT2D eigenvalue weighted by Crippen LogP contribution is 2.36. The van der Waals surface area contributed by atoms with Crippen molar-refractivity contribution in [2.45, 2.75) is 26.4 Å². The van der Waals surface area contributed by atoms with E-state index in [0.29, 0.717) is 28.8 Å². The van der Waals surface area contributed by atoms with Gasteiger partial charge in [0.1, 0.15) is 0 Å². The summed E-state index contributed by atoms with van der Waals surface area (Å²) in [5, 5.41) is 0.689. The number of rotatable bonds is 5. The van der Waals surface area contributed by atoms with Gasteiger partial charge < -0.3 is 9.47 Å². The Hall–Kier alpha value is -0.450. The van der Waals surface area contributed by atoms with E-state index in [1.165, 1.54) is 0 Å². The SMILES string of the molecule is CCOC(=O)C(CC)Oc1c(Cl)cc(Br)cc1Cl. The van der Waals surface area contributed by atoms with Crippen molar-refractivity contribution in [1.82, 2.24) is 0 Å². The molecule has 0 radical (unpaired) electrons. The number of hydrogen-bond donors (Lipinski definition) is 0. The Morgan fingerprint density at radius 2 is 1.89 bits per heavy atom. The largest absolute Gasteiger partial charge is 0.476 e. The van der Waals surface area contributed by atoms with Crippen molar-refractivity contribution in [2.75, 3.05) is 6.61 Å². The Morgan fingerprint density at radius 3 is 2.33 bits per heavy atom. The molecule has 0 bridgehead atoms. The van der Waals surface area contributed by atoms with Gasteiger partial charge in [-0.1, -0.05) is 46.1 Å². The zero-order valence-electron chi connectivity index (χ0n) is 10.0. The van der Waals surface area contributed by atoms with Crippen LogP contribution in [0.25, 0.3) is 0 Å². The van der Waals surface area contributed by atoms with Crippen LogP contribution in [0.3, 0.4) is 0 Å². The van der Waals surface area contributed by atoms with Crippen molar-refractivity contribution < 1.29 is 14.3 Å². The van der Waals surface area contributed by atoms with Gasteiger partial charge in [-0.05, 0) is 25.5 Å². The third-order valence-corrected chi connectivity index (χ3v) is 3.16. The van der Waals surface area contributed by atoms with E-state index >= 15 is 0 Å². The maximum atomic E-state index is 11.6. The molecular weight excluding hydrogens is 343 g/mol. The van der Waals surface area contributed by atoms with Crippen LogP contribution in [0.15, 0.2) is 16.6 Å². The van der Waals surface area contributed by atoms with Crippen molar-refractivity contribution >= 4 is 45.1 Å². The Labute approximate surface area is 124 Å². The molecule has 0 aliphatic rings. The molecule has 0 aliphatic carbocycles. The van der Waals surface area contributed by atoms with E-state index in [1.807, 2.05) is 6.92 Å². The number of benzene rings is 1. The van der Waals surface area contributed by atoms with Gasteiger partial charge in [-0.2, -0.15) is 0 Å². The minimum absolute atomic E-state index is 0.293. The lowest BCUT2D eigenvalue weighted by Gasteiger charge is -2.18. The number of halogens is 3. The first-order valence-electron chi connectivity index (χ1n) is 5.47. The average molecular weight is 356 g/mol. The molecule has 0 spiro atoms. The minimum Gasteiger partial charge on any atom is -0.476 e. The summed E-state index contributed by atoms with van der Waals surface area (Å²) in [5.74, 6) is -0.128. The van der Waals surface area contributed by atoms with Crippen LogP contribution in [-0.4, -0.2) is 18.7 Å². The van der Waals surface area contributed by atoms with Crippen molar-refractivity contribution in [3.05, 3.63) is 26.7 Å². The van der Waals surface area contributed by atoms with Gasteiger partial charge in [0.2, 0.25) is 0 Å². The topological polar surface area (TPSA) is 35.5 Å². The third kappa shape index (κ3) is 4.04. The highest BCUT2D eigenvalue weighted by atomic mass is 79.9. The second-order valence-corrected chi connectivity index (χ2v) is 5.20. The summed E-state index contributed by atoms with van der Waals surface area (Å²) < 4.78 is 11.2. The van der Waals surface area contributed by atoms with Gasteiger partial charge >= 0.3 is 5.97 Å². The zero-order valence-corrected chi connectivity index (χ0v) is 13.1. The lowest BCUT2D eigenvalue weighted by Crippen LogP contribution is -2.28. The van der Waals surface area contributed by atoms with Crippen molar-refractivity contribution in [3.63, 3.8) is 0 Å². The van der Waals surface area contributed by atoms with Crippen LogP contribution >= 0.6 is 39.1 Å². The first kappa shape index (κ1) is 15.6. The Balaban J connectivity index is 2.92. The predicted octanol–water partition coefficient (Wildman–Crippen LogP) is 4.48. The van der Waals surface area contributed by atoms with E-state index in [4.69, 9.17) is 32.7 Å². The smallest absolute Gasteiger partial charge is 0.347 e. The van der Waals surface area contributed by atoms with E-state index < -0.39 is 12.1 Å². The normalized spacial score (nSPS) is 12.1. The maximum absolute atomic E-state index is 11.6. The van der Waals surface area contributed by atoms with Crippen LogP contribution in [0.1, 0.15) is 20.3 Å². The van der Waals surface area contributed by atoms with E-state index in [2.05, 4.69) is 15.9 Å². The standard InChI is InChI=1S/C12H13BrCl2O3/c1-3-10(12(16)17-4-2)18-11-8(14)5-7(13)6-9(11)15/h5-6,10H,3-4H2,1-2H3. The first-order valence-corrected chi connectivity index (χ1v) is 7.02. The van der Waals surface area contributed by atoms with Gasteiger partial charge in [-0.3, -0.25) is 0 Å². The van der Waals surface area contributed by atoms with Crippen LogP contribution in [0, 0.1) is 0 Å². The summed E-state index contributed by atoms with van der Waals surface area (Å²) in [6.07, 6.45) is -0.234. The summed E-state index contributed by atoms with van der Waals surface area (Å²) in [4.78, 5) is 11.6. The van der Waals surface area contributed by atoms with Crippen molar-refractivity contribution in [1.29, 1.82) is 0 Å². The molecule has 0 saturated carbocycles. The number of hydrogen-bond acceptors (Lipinski definition) is 3. The summed E-state index contributed by atoms with van der Waals surface area (Å²) in [7, 11) is 0. The van der Waals surface area contributed by atoms with Crippen LogP contribution in [0.2, 0.25) is 10.0 Å². The number of carbonyl (C=O) groups is 1. The molecule has 1 aromatic rings. The second-order valence-electron chi connectivity index (χ2n) is 3.47. The van der Waals surface area contributed by atoms with Gasteiger partial charge in [-0.25, -0.2) is 4.79 Å². The quantitative estimate of drug-likeness (QED) is 0.730. The molecule has 1 unspecified atom stereocenters. The Kier molecular flexibility index (Phi) is 6.26. The Bertz CT molecular complexity index is 414. The van der Waals surface area contributed by atoms with Crippen LogP contribution in [0.5, 0.6) is 5.75 Å². The number of ether oxygens (including phenoxy) is 2. The molecule has 0 saturated heterocycles. The van der Waals surface area contributed by atoms with Gasteiger partial charge in [0.15, 0.2) is 11.9 Å². The van der Waals surface area contributed by atoms with E-state index in [-0.39, 0.29) is 0 Å². The van der Waals surface area contributed by atoms with Crippen molar-refractivity contribution in [3.8, 4) is 5.75 Å². The Morgan fingerprint density at radius 1 is 1.33 bits per heavy atom. The molecule has 0 amide bonds. The number of carbonyl (C=O) groups excluding carboxylic acids is 1. The van der Waals surface area contributed by atoms with Crippen LogP contribution in [0.4, 0.5) is 0 Å². The van der Waals surface area contributed by atoms with Crippen LogP contribution in [-0.2, 0) is 9.53 Å². The zero-order chi connectivity index (χ0) is 13.7. The molecule has 1 aromatic carbocycles. The summed E-state index contributed by atoms with van der Waals surface area (Å²) in [6.45, 7) is 3.87. The average Bonchev–Trinajstić information content (AvgIpc) is 2.28. The molecule has 6 heteroatoms. The molecule has 0 aliphatic heterocycles. The predicted molar refractivity (Wildman–Crippen MR) is 75.5 cm³/mol. The van der Waals surface area contributed by atoms with Gasteiger partial charge in [0.25, 0.3) is 0 Å². The minimum atomic E-state index is -0.707. The monoisotopic (exact) mass is 354 g/mol. The molecule has 0 fully saturated rings. The maximum Gasteiger partial charge on any atom is 0.347 e. The van der Waals surface area contributed by atoms with E-state index in [1.54, 1.807) is 19.1 Å². The molecule has 0 heterocycles. The number of esters is 1. The van der Waals surface area contributed by atoms with Crippen molar-refractivity contribution in [2.24, 2.45) is 0 Å². The lowest BCUT2D eigenvalue weighted by atomic mass is 10.2.